The number of rotatable bonds is 7. The van der Waals surface area contributed by atoms with Crippen LogP contribution in [0.15, 0.2) is 34.2 Å². The van der Waals surface area contributed by atoms with Gasteiger partial charge in [-0.15, -0.1) is 11.8 Å². The zero-order valence-corrected chi connectivity index (χ0v) is 14.7. The smallest absolute Gasteiger partial charge is 0.191 e. The zero-order valence-electron chi connectivity index (χ0n) is 13.1. The van der Waals surface area contributed by atoms with Crippen molar-refractivity contribution in [3.63, 3.8) is 0 Å². The summed E-state index contributed by atoms with van der Waals surface area (Å²) in [5.41, 5.74) is 0. The summed E-state index contributed by atoms with van der Waals surface area (Å²) in [5.74, 6) is 1.41. The number of aliphatic imine (C=N–C) groups is 1. The third-order valence-electron chi connectivity index (χ3n) is 2.95. The maximum atomic E-state index is 13.5. The largest absolute Gasteiger partial charge is 0.356 e. The van der Waals surface area contributed by atoms with Crippen LogP contribution in [0.1, 0.15) is 13.8 Å². The summed E-state index contributed by atoms with van der Waals surface area (Å²) < 4.78 is 13.6. The predicted octanol–water partition coefficient (Wildman–Crippen LogP) is 3.22. The number of halogens is 1. The summed E-state index contributed by atoms with van der Waals surface area (Å²) in [6.45, 7) is 5.95. The fourth-order valence-electron chi connectivity index (χ4n) is 1.48. The van der Waals surface area contributed by atoms with Crippen molar-refractivity contribution < 1.29 is 4.39 Å². The standard InChI is InChI=1S/C15H24FN3S2/c1-15(2,20-4)11-19-14(17-3)18-9-10-21-13-8-6-5-7-12(13)16/h5-8H,9-11H2,1-4H3,(H2,17,18,19). The van der Waals surface area contributed by atoms with Crippen molar-refractivity contribution in [1.82, 2.24) is 10.6 Å². The SMILES string of the molecule is CN=C(NCCSc1ccccc1F)NCC(C)(C)SC. The van der Waals surface area contributed by atoms with Crippen LogP contribution in [-0.4, -0.2) is 42.9 Å². The molecule has 6 heteroatoms. The van der Waals surface area contributed by atoms with Gasteiger partial charge in [0.2, 0.25) is 0 Å². The molecule has 0 bridgehead atoms. The number of nitrogens with one attached hydrogen (secondary N) is 2. The lowest BCUT2D eigenvalue weighted by atomic mass is 10.2. The Bertz CT molecular complexity index is 464. The van der Waals surface area contributed by atoms with Crippen molar-refractivity contribution in [2.45, 2.75) is 23.5 Å². The number of nitrogens with zero attached hydrogens (tertiary/aromatic N) is 1. The predicted molar refractivity (Wildman–Crippen MR) is 94.1 cm³/mol. The van der Waals surface area contributed by atoms with E-state index in [0.717, 1.165) is 24.8 Å². The molecule has 3 nitrogen and oxygen atoms in total. The van der Waals surface area contributed by atoms with Gasteiger partial charge in [0.05, 0.1) is 0 Å². The normalized spacial score (nSPS) is 12.3. The molecule has 0 aliphatic carbocycles. The highest BCUT2D eigenvalue weighted by Gasteiger charge is 2.15. The zero-order chi connectivity index (χ0) is 15.7. The van der Waals surface area contributed by atoms with E-state index in [9.17, 15) is 4.39 Å². The molecule has 0 radical (unpaired) electrons. The molecule has 0 atom stereocenters. The van der Waals surface area contributed by atoms with Crippen LogP contribution >= 0.6 is 23.5 Å². The third-order valence-corrected chi connectivity index (χ3v) is 5.25. The highest BCUT2D eigenvalue weighted by atomic mass is 32.2. The maximum Gasteiger partial charge on any atom is 0.191 e. The molecule has 0 heterocycles. The fraction of sp³-hybridized carbons (Fsp3) is 0.533. The molecule has 1 aromatic rings. The van der Waals surface area contributed by atoms with Gasteiger partial charge in [0.15, 0.2) is 5.96 Å². The fourth-order valence-corrected chi connectivity index (χ4v) is 2.50. The molecule has 1 rings (SSSR count). The van der Waals surface area contributed by atoms with E-state index in [1.165, 1.54) is 17.8 Å². The topological polar surface area (TPSA) is 36.4 Å². The van der Waals surface area contributed by atoms with Gasteiger partial charge in [0.1, 0.15) is 5.82 Å². The van der Waals surface area contributed by atoms with Crippen LogP contribution < -0.4 is 10.6 Å². The van der Waals surface area contributed by atoms with Crippen LogP contribution in [0.3, 0.4) is 0 Å². The van der Waals surface area contributed by atoms with Gasteiger partial charge in [-0.25, -0.2) is 4.39 Å². The lowest BCUT2D eigenvalue weighted by molar-refractivity contribution is 0.602. The second-order valence-electron chi connectivity index (χ2n) is 5.10. The van der Waals surface area contributed by atoms with Gasteiger partial charge < -0.3 is 10.6 Å². The minimum Gasteiger partial charge on any atom is -0.356 e. The third kappa shape index (κ3) is 7.09. The second-order valence-corrected chi connectivity index (χ2v) is 7.75. The first-order valence-electron chi connectivity index (χ1n) is 6.85. The van der Waals surface area contributed by atoms with Crippen LogP contribution in [0.5, 0.6) is 0 Å². The first-order valence-corrected chi connectivity index (χ1v) is 9.06. The molecule has 1 aromatic carbocycles. The van der Waals surface area contributed by atoms with Gasteiger partial charge >= 0.3 is 0 Å². The summed E-state index contributed by atoms with van der Waals surface area (Å²) in [5, 5.41) is 6.55. The first kappa shape index (κ1) is 18.2. The van der Waals surface area contributed by atoms with Crippen molar-refractivity contribution in [3.05, 3.63) is 30.1 Å². The average Bonchev–Trinajstić information content (AvgIpc) is 2.48. The van der Waals surface area contributed by atoms with Gasteiger partial charge in [-0.1, -0.05) is 12.1 Å². The minimum absolute atomic E-state index is 0.160. The Labute approximate surface area is 135 Å². The Kier molecular flexibility index (Phi) is 7.96. The molecule has 2 N–H and O–H groups in total. The molecule has 0 aliphatic rings. The highest BCUT2D eigenvalue weighted by Crippen LogP contribution is 2.20. The quantitative estimate of drug-likeness (QED) is 0.348. The summed E-state index contributed by atoms with van der Waals surface area (Å²) >= 11 is 3.32. The summed E-state index contributed by atoms with van der Waals surface area (Å²) in [6, 6.07) is 6.84. The Morgan fingerprint density at radius 3 is 2.62 bits per heavy atom. The van der Waals surface area contributed by atoms with Gasteiger partial charge in [-0.2, -0.15) is 11.8 Å². The Morgan fingerprint density at radius 1 is 1.29 bits per heavy atom. The van der Waals surface area contributed by atoms with E-state index in [-0.39, 0.29) is 10.6 Å². The monoisotopic (exact) mass is 329 g/mol. The number of hydrogen-bond acceptors (Lipinski definition) is 3. The Hall–Kier alpha value is -0.880. The molecule has 0 aromatic heterocycles. The van der Waals surface area contributed by atoms with Gasteiger partial charge in [-0.05, 0) is 32.2 Å². The minimum atomic E-state index is -0.160. The summed E-state index contributed by atoms with van der Waals surface area (Å²) in [4.78, 5) is 4.88. The van der Waals surface area contributed by atoms with E-state index < -0.39 is 0 Å². The molecule has 0 aliphatic heterocycles. The second kappa shape index (κ2) is 9.20. The van der Waals surface area contributed by atoms with Crippen molar-refractivity contribution in [2.75, 3.05) is 32.1 Å². The van der Waals surface area contributed by atoms with E-state index in [0.29, 0.717) is 4.90 Å². The first-order chi connectivity index (χ1) is 9.98. The van der Waals surface area contributed by atoms with E-state index in [2.05, 4.69) is 35.7 Å². The molecule has 0 fully saturated rings. The van der Waals surface area contributed by atoms with Gasteiger partial charge in [0, 0.05) is 35.5 Å². The van der Waals surface area contributed by atoms with Crippen LogP contribution in [0.4, 0.5) is 4.39 Å². The Balaban J connectivity index is 2.29. The van der Waals surface area contributed by atoms with Gasteiger partial charge in [0.25, 0.3) is 0 Å². The van der Waals surface area contributed by atoms with Crippen molar-refractivity contribution >= 4 is 29.5 Å². The Morgan fingerprint density at radius 2 is 2.00 bits per heavy atom. The number of guanidine groups is 1. The molecule has 0 amide bonds. The molecule has 0 spiro atoms. The van der Waals surface area contributed by atoms with Crippen LogP contribution in [0.25, 0.3) is 0 Å². The molecular weight excluding hydrogens is 305 g/mol. The molecular formula is C15H24FN3S2. The lowest BCUT2D eigenvalue weighted by Crippen LogP contribution is -2.43. The molecule has 0 saturated heterocycles. The van der Waals surface area contributed by atoms with E-state index in [1.54, 1.807) is 19.2 Å². The number of benzene rings is 1. The van der Waals surface area contributed by atoms with Crippen LogP contribution in [0, 0.1) is 5.82 Å². The maximum absolute atomic E-state index is 13.5. The summed E-state index contributed by atoms with van der Waals surface area (Å²) in [7, 11) is 1.76. The van der Waals surface area contributed by atoms with Crippen molar-refractivity contribution in [3.8, 4) is 0 Å². The van der Waals surface area contributed by atoms with E-state index >= 15 is 0 Å². The number of hydrogen-bond donors (Lipinski definition) is 2. The average molecular weight is 330 g/mol. The van der Waals surface area contributed by atoms with Crippen LogP contribution in [-0.2, 0) is 0 Å². The summed E-state index contributed by atoms with van der Waals surface area (Å²) in [6.07, 6.45) is 2.10. The van der Waals surface area contributed by atoms with E-state index in [1.807, 2.05) is 17.8 Å². The van der Waals surface area contributed by atoms with Gasteiger partial charge in [-0.3, -0.25) is 4.99 Å². The molecule has 0 saturated carbocycles. The van der Waals surface area contributed by atoms with Crippen LogP contribution in [0.2, 0.25) is 0 Å². The van der Waals surface area contributed by atoms with Crippen molar-refractivity contribution in [1.29, 1.82) is 0 Å². The lowest BCUT2D eigenvalue weighted by Gasteiger charge is -2.23. The van der Waals surface area contributed by atoms with Crippen molar-refractivity contribution in [2.24, 2.45) is 4.99 Å². The molecule has 118 valence electrons. The molecule has 21 heavy (non-hydrogen) atoms. The molecule has 0 unspecified atom stereocenters. The number of thioether (sulfide) groups is 2. The van der Waals surface area contributed by atoms with E-state index in [4.69, 9.17) is 0 Å². The highest BCUT2D eigenvalue weighted by molar-refractivity contribution is 8.00.